The molecule has 5 atom stereocenters. The summed E-state index contributed by atoms with van der Waals surface area (Å²) in [6.07, 6.45) is 46.1. The minimum Gasteiger partial charge on any atom is -0.462 e. The molecule has 19 heteroatoms. The second-order valence-electron chi connectivity index (χ2n) is 25.9. The number of carbonyl (C=O) groups excluding carboxylic acids is 4. The van der Waals surface area contributed by atoms with Gasteiger partial charge in [0.2, 0.25) is 0 Å². The predicted octanol–water partition coefficient (Wildman–Crippen LogP) is 19.6. The minimum absolute atomic E-state index is 0.102. The van der Waals surface area contributed by atoms with Crippen LogP contribution in [0.25, 0.3) is 0 Å². The summed E-state index contributed by atoms with van der Waals surface area (Å²) in [6.45, 7) is 9.43. The SMILES string of the molecule is CCCCCCCCCCCCCCCCCCCC(=O)O[C@H](COC(=O)CCCCCCCCCCCCCC(C)C)COP(=O)(O)OC[C@@H](O)COP(=O)(O)OC[C@@H](COC(=O)CCCCCCCCCC)OC(=O)CCCCCCCCC(C)C. The molecule has 0 rings (SSSR count). The number of phosphoric acid groups is 2. The summed E-state index contributed by atoms with van der Waals surface area (Å²) in [5.41, 5.74) is 0. The number of carbonyl (C=O) groups is 4. The van der Waals surface area contributed by atoms with Gasteiger partial charge in [0.1, 0.15) is 19.3 Å². The number of aliphatic hydroxyl groups is 1. The average Bonchev–Trinajstić information content (AvgIpc) is 3.53. The maximum Gasteiger partial charge on any atom is 0.472 e. The Morgan fingerprint density at radius 3 is 0.773 bits per heavy atom. The summed E-state index contributed by atoms with van der Waals surface area (Å²) in [7, 11) is -9.89. The fourth-order valence-corrected chi connectivity index (χ4v) is 12.0. The Hall–Kier alpha value is -1.94. The van der Waals surface area contributed by atoms with Crippen LogP contribution in [0.5, 0.6) is 0 Å². The standard InChI is InChI=1S/C69H134O17P2/c1-7-9-11-13-15-17-18-19-20-21-22-23-26-30-34-41-47-53-68(73)85-64(57-80-67(72)52-46-40-33-29-27-24-25-28-31-37-43-49-61(3)4)59-83-87(75,76)81-55-63(70)56-82-88(77,78)84-60-65(58-79-66(71)51-45-39-32-16-14-12-10-8-2)86-69(74)54-48-42-36-35-38-44-50-62(5)6/h61-65,70H,7-60H2,1-6H3,(H,75,76)(H,77,78)/t63-,64-,65-/m1/s1. The van der Waals surface area contributed by atoms with Gasteiger partial charge in [-0.1, -0.05) is 298 Å². The molecule has 0 aliphatic carbocycles. The topological polar surface area (TPSA) is 237 Å². The first-order chi connectivity index (χ1) is 42.4. The Kier molecular flexibility index (Phi) is 59.9. The number of hydrogen-bond donors (Lipinski definition) is 3. The molecule has 0 saturated carbocycles. The van der Waals surface area contributed by atoms with E-state index in [0.29, 0.717) is 31.6 Å². The van der Waals surface area contributed by atoms with Gasteiger partial charge in [-0.05, 0) is 37.5 Å². The quantitative estimate of drug-likeness (QED) is 0.0222. The average molecular weight is 1300 g/mol. The summed E-state index contributed by atoms with van der Waals surface area (Å²) < 4.78 is 68.1. The van der Waals surface area contributed by atoms with E-state index in [2.05, 4.69) is 41.5 Å². The zero-order chi connectivity index (χ0) is 65.0. The summed E-state index contributed by atoms with van der Waals surface area (Å²) in [4.78, 5) is 72.4. The zero-order valence-corrected chi connectivity index (χ0v) is 58.8. The van der Waals surface area contributed by atoms with Gasteiger partial charge in [0.05, 0.1) is 26.4 Å². The van der Waals surface area contributed by atoms with Crippen LogP contribution < -0.4 is 0 Å². The molecule has 0 aromatic carbocycles. The zero-order valence-electron chi connectivity index (χ0n) is 57.0. The largest absolute Gasteiger partial charge is 0.472 e. The van der Waals surface area contributed by atoms with E-state index in [1.807, 2.05) is 0 Å². The summed E-state index contributed by atoms with van der Waals surface area (Å²) in [5.74, 6) is -0.691. The van der Waals surface area contributed by atoms with Gasteiger partial charge in [-0.3, -0.25) is 37.3 Å². The molecular formula is C69H134O17P2. The Morgan fingerprint density at radius 1 is 0.307 bits per heavy atom. The van der Waals surface area contributed by atoms with Gasteiger partial charge in [0.15, 0.2) is 12.2 Å². The number of aliphatic hydroxyl groups excluding tert-OH is 1. The number of unbranched alkanes of at least 4 members (excludes halogenated alkanes) is 38. The molecule has 0 bridgehead atoms. The second-order valence-corrected chi connectivity index (χ2v) is 28.8. The molecule has 3 N–H and O–H groups in total. The highest BCUT2D eigenvalue weighted by Gasteiger charge is 2.30. The normalized spacial score (nSPS) is 14.2. The van der Waals surface area contributed by atoms with Gasteiger partial charge in [-0.2, -0.15) is 0 Å². The van der Waals surface area contributed by atoms with E-state index in [-0.39, 0.29) is 25.7 Å². The Labute approximate surface area is 537 Å². The van der Waals surface area contributed by atoms with E-state index < -0.39 is 97.5 Å². The van der Waals surface area contributed by atoms with Gasteiger partial charge in [0.25, 0.3) is 0 Å². The van der Waals surface area contributed by atoms with Crippen molar-refractivity contribution in [1.82, 2.24) is 0 Å². The first-order valence-corrected chi connectivity index (χ1v) is 39.0. The highest BCUT2D eigenvalue weighted by Crippen LogP contribution is 2.45. The van der Waals surface area contributed by atoms with Crippen molar-refractivity contribution in [3.8, 4) is 0 Å². The van der Waals surface area contributed by atoms with Gasteiger partial charge < -0.3 is 33.8 Å². The molecule has 522 valence electrons. The van der Waals surface area contributed by atoms with Crippen LogP contribution in [0.15, 0.2) is 0 Å². The molecular weight excluding hydrogens is 1160 g/mol. The summed E-state index contributed by atoms with van der Waals surface area (Å²) in [6, 6.07) is 0. The van der Waals surface area contributed by atoms with Crippen molar-refractivity contribution < 1.29 is 80.2 Å². The van der Waals surface area contributed by atoms with Crippen molar-refractivity contribution in [2.45, 2.75) is 368 Å². The molecule has 0 fully saturated rings. The molecule has 0 aliphatic heterocycles. The van der Waals surface area contributed by atoms with Crippen molar-refractivity contribution in [3.63, 3.8) is 0 Å². The third-order valence-corrected chi connectivity index (χ3v) is 17.9. The number of hydrogen-bond acceptors (Lipinski definition) is 15. The van der Waals surface area contributed by atoms with Crippen LogP contribution in [0.4, 0.5) is 0 Å². The van der Waals surface area contributed by atoms with Crippen LogP contribution in [0, 0.1) is 11.8 Å². The van der Waals surface area contributed by atoms with Crippen LogP contribution in [0.2, 0.25) is 0 Å². The highest BCUT2D eigenvalue weighted by molar-refractivity contribution is 7.47. The minimum atomic E-state index is -4.95. The van der Waals surface area contributed by atoms with Crippen molar-refractivity contribution in [1.29, 1.82) is 0 Å². The second kappa shape index (κ2) is 61.3. The van der Waals surface area contributed by atoms with E-state index in [0.717, 1.165) is 102 Å². The maximum absolute atomic E-state index is 13.0. The molecule has 88 heavy (non-hydrogen) atoms. The lowest BCUT2D eigenvalue weighted by atomic mass is 10.0. The van der Waals surface area contributed by atoms with Crippen molar-refractivity contribution in [2.75, 3.05) is 39.6 Å². The molecule has 0 spiro atoms. The summed E-state index contributed by atoms with van der Waals surface area (Å²) >= 11 is 0. The molecule has 2 unspecified atom stereocenters. The van der Waals surface area contributed by atoms with Gasteiger partial charge in [0, 0.05) is 25.7 Å². The van der Waals surface area contributed by atoms with Gasteiger partial charge in [-0.25, -0.2) is 9.13 Å². The maximum atomic E-state index is 13.0. The van der Waals surface area contributed by atoms with Gasteiger partial charge >= 0.3 is 39.5 Å². The Balaban J connectivity index is 5.20. The number of esters is 4. The van der Waals surface area contributed by atoms with Gasteiger partial charge in [-0.15, -0.1) is 0 Å². The van der Waals surface area contributed by atoms with E-state index in [1.165, 1.54) is 161 Å². The molecule has 0 saturated heterocycles. The summed E-state index contributed by atoms with van der Waals surface area (Å²) in [5, 5.41) is 10.6. The lowest BCUT2D eigenvalue weighted by Crippen LogP contribution is -2.30. The number of rotatable bonds is 68. The van der Waals surface area contributed by atoms with E-state index >= 15 is 0 Å². The van der Waals surface area contributed by atoms with Crippen molar-refractivity contribution >= 4 is 39.5 Å². The molecule has 0 radical (unpaired) electrons. The van der Waals surface area contributed by atoms with E-state index in [1.54, 1.807) is 0 Å². The molecule has 0 aromatic rings. The Bertz CT molecular complexity index is 1720. The molecule has 17 nitrogen and oxygen atoms in total. The van der Waals surface area contributed by atoms with Crippen LogP contribution in [-0.4, -0.2) is 96.7 Å². The third-order valence-electron chi connectivity index (χ3n) is 16.0. The fraction of sp³-hybridized carbons (Fsp3) is 0.942. The van der Waals surface area contributed by atoms with Crippen LogP contribution in [0.1, 0.15) is 350 Å². The van der Waals surface area contributed by atoms with Crippen LogP contribution >= 0.6 is 15.6 Å². The Morgan fingerprint density at radius 2 is 0.523 bits per heavy atom. The molecule has 0 aromatic heterocycles. The van der Waals surface area contributed by atoms with Crippen LogP contribution in [-0.2, 0) is 65.4 Å². The first kappa shape index (κ1) is 86.1. The van der Waals surface area contributed by atoms with Crippen molar-refractivity contribution in [2.24, 2.45) is 11.8 Å². The smallest absolute Gasteiger partial charge is 0.462 e. The van der Waals surface area contributed by atoms with Crippen LogP contribution in [0.3, 0.4) is 0 Å². The molecule has 0 amide bonds. The lowest BCUT2D eigenvalue weighted by Gasteiger charge is -2.21. The number of phosphoric ester groups is 2. The monoisotopic (exact) mass is 1300 g/mol. The molecule has 0 heterocycles. The van der Waals surface area contributed by atoms with Crippen molar-refractivity contribution in [3.05, 3.63) is 0 Å². The fourth-order valence-electron chi connectivity index (χ4n) is 10.4. The first-order valence-electron chi connectivity index (χ1n) is 36.0. The van der Waals surface area contributed by atoms with E-state index in [9.17, 15) is 43.2 Å². The molecule has 0 aliphatic rings. The predicted molar refractivity (Wildman–Crippen MR) is 354 cm³/mol. The number of ether oxygens (including phenoxy) is 4. The van der Waals surface area contributed by atoms with E-state index in [4.69, 9.17) is 37.0 Å². The lowest BCUT2D eigenvalue weighted by molar-refractivity contribution is -0.161. The highest BCUT2D eigenvalue weighted by atomic mass is 31.2. The third kappa shape index (κ3) is 62.8.